The van der Waals surface area contributed by atoms with Crippen LogP contribution in [0, 0.1) is 5.92 Å². The van der Waals surface area contributed by atoms with Crippen molar-refractivity contribution in [2.24, 2.45) is 5.92 Å². The summed E-state index contributed by atoms with van der Waals surface area (Å²) in [6.45, 7) is 3.73. The second kappa shape index (κ2) is 5.67. The van der Waals surface area contributed by atoms with Gasteiger partial charge in [0.2, 0.25) is 0 Å². The van der Waals surface area contributed by atoms with E-state index in [4.69, 9.17) is 14.9 Å². The first-order valence-electron chi connectivity index (χ1n) is 6.66. The van der Waals surface area contributed by atoms with Crippen molar-refractivity contribution in [3.8, 4) is 5.75 Å². The predicted molar refractivity (Wildman–Crippen MR) is 79.6 cm³/mol. The van der Waals surface area contributed by atoms with E-state index in [9.17, 15) is 9.59 Å². The van der Waals surface area contributed by atoms with Crippen LogP contribution in [-0.2, 0) is 9.59 Å². The van der Waals surface area contributed by atoms with E-state index in [2.05, 4.69) is 15.9 Å². The van der Waals surface area contributed by atoms with Crippen LogP contribution >= 0.6 is 15.9 Å². The minimum atomic E-state index is -1.02. The van der Waals surface area contributed by atoms with Crippen molar-refractivity contribution in [2.45, 2.75) is 38.2 Å². The molecule has 2 atom stereocenters. The fourth-order valence-corrected chi connectivity index (χ4v) is 3.39. The maximum absolute atomic E-state index is 11.1. The second-order valence-electron chi connectivity index (χ2n) is 5.56. The molecule has 21 heavy (non-hydrogen) atoms. The zero-order valence-electron chi connectivity index (χ0n) is 11.8. The fraction of sp³-hybridized carbons (Fsp3) is 0.467. The number of carboxylic acids is 2. The van der Waals surface area contributed by atoms with Gasteiger partial charge < -0.3 is 14.9 Å². The van der Waals surface area contributed by atoms with Crippen LogP contribution in [0.25, 0.3) is 0 Å². The van der Waals surface area contributed by atoms with Gasteiger partial charge >= 0.3 is 11.9 Å². The number of ether oxygens (including phenoxy) is 1. The number of hydrogen-bond donors (Lipinski definition) is 2. The number of carbonyl (C=O) groups is 2. The van der Waals surface area contributed by atoms with Crippen LogP contribution in [0.4, 0.5) is 0 Å². The molecule has 6 heteroatoms. The molecule has 1 heterocycles. The third-order valence-corrected chi connectivity index (χ3v) is 4.92. The van der Waals surface area contributed by atoms with Crippen LogP contribution in [0.2, 0.25) is 0 Å². The van der Waals surface area contributed by atoms with E-state index in [1.54, 1.807) is 6.92 Å². The van der Waals surface area contributed by atoms with Crippen molar-refractivity contribution in [1.29, 1.82) is 0 Å². The summed E-state index contributed by atoms with van der Waals surface area (Å²) in [4.78, 5) is 22.2. The standard InChI is InChI=1S/C15H17BrO5/c1-8-10-4-3-5-11(16)14(10)21-15(8,2)9(6-12(17)18)7-13(19)20/h3-5,8-9H,6-7H2,1-2H3,(H,17,18)(H,19,20). The quantitative estimate of drug-likeness (QED) is 0.845. The number of aliphatic carboxylic acids is 2. The molecule has 1 aliphatic rings. The van der Waals surface area contributed by atoms with Gasteiger partial charge in [-0.25, -0.2) is 0 Å². The van der Waals surface area contributed by atoms with E-state index in [1.807, 2.05) is 25.1 Å². The van der Waals surface area contributed by atoms with Gasteiger partial charge in [0.25, 0.3) is 0 Å². The summed E-state index contributed by atoms with van der Waals surface area (Å²) in [7, 11) is 0. The highest BCUT2D eigenvalue weighted by atomic mass is 79.9. The SMILES string of the molecule is CC1c2cccc(Br)c2OC1(C)C(CC(=O)O)CC(=O)O. The molecule has 2 N–H and O–H groups in total. The van der Waals surface area contributed by atoms with Gasteiger partial charge in [0.15, 0.2) is 0 Å². The van der Waals surface area contributed by atoms with Gasteiger partial charge in [-0.2, -0.15) is 0 Å². The molecule has 1 aromatic carbocycles. The first-order valence-corrected chi connectivity index (χ1v) is 7.46. The molecule has 5 nitrogen and oxygen atoms in total. The van der Waals surface area contributed by atoms with E-state index in [0.29, 0.717) is 5.75 Å². The van der Waals surface area contributed by atoms with Crippen molar-refractivity contribution in [3.63, 3.8) is 0 Å². The van der Waals surface area contributed by atoms with E-state index >= 15 is 0 Å². The molecule has 0 aliphatic carbocycles. The summed E-state index contributed by atoms with van der Waals surface area (Å²) < 4.78 is 6.82. The third kappa shape index (κ3) is 2.90. The molecule has 0 saturated heterocycles. The Hall–Kier alpha value is -1.56. The lowest BCUT2D eigenvalue weighted by Crippen LogP contribution is -2.43. The summed E-state index contributed by atoms with van der Waals surface area (Å²) in [5.74, 6) is -2.06. The molecule has 2 rings (SSSR count). The van der Waals surface area contributed by atoms with E-state index in [1.165, 1.54) is 0 Å². The van der Waals surface area contributed by atoms with E-state index in [-0.39, 0.29) is 18.8 Å². The normalized spacial score (nSPS) is 23.7. The van der Waals surface area contributed by atoms with Crippen LogP contribution < -0.4 is 4.74 Å². The van der Waals surface area contributed by atoms with Crippen molar-refractivity contribution in [1.82, 2.24) is 0 Å². The lowest BCUT2D eigenvalue weighted by molar-refractivity contribution is -0.144. The fourth-order valence-electron chi connectivity index (χ4n) is 2.93. The Labute approximate surface area is 131 Å². The number of hydrogen-bond acceptors (Lipinski definition) is 3. The molecular formula is C15H17BrO5. The first-order chi connectivity index (χ1) is 9.75. The summed E-state index contributed by atoms with van der Waals surface area (Å²) >= 11 is 3.42. The van der Waals surface area contributed by atoms with Crippen LogP contribution in [0.15, 0.2) is 22.7 Å². The molecule has 0 radical (unpaired) electrons. The molecule has 0 aromatic heterocycles. The zero-order valence-corrected chi connectivity index (χ0v) is 13.4. The Kier molecular flexibility index (Phi) is 4.27. The topological polar surface area (TPSA) is 83.8 Å². The molecule has 0 saturated carbocycles. The van der Waals surface area contributed by atoms with Crippen molar-refractivity contribution in [3.05, 3.63) is 28.2 Å². The molecular weight excluding hydrogens is 340 g/mol. The van der Waals surface area contributed by atoms with Crippen molar-refractivity contribution < 1.29 is 24.5 Å². The summed E-state index contributed by atoms with van der Waals surface area (Å²) in [6, 6.07) is 5.66. The molecule has 0 bridgehead atoms. The van der Waals surface area contributed by atoms with Gasteiger partial charge in [-0.15, -0.1) is 0 Å². The highest BCUT2D eigenvalue weighted by Crippen LogP contribution is 2.52. The summed E-state index contributed by atoms with van der Waals surface area (Å²) in [5.41, 5.74) is 0.107. The van der Waals surface area contributed by atoms with Crippen molar-refractivity contribution >= 4 is 27.9 Å². The largest absolute Gasteiger partial charge is 0.485 e. The average Bonchev–Trinajstić information content (AvgIpc) is 2.64. The Bertz CT molecular complexity index is 569. The van der Waals surface area contributed by atoms with Gasteiger partial charge in [-0.3, -0.25) is 9.59 Å². The number of halogens is 1. The average molecular weight is 357 g/mol. The molecule has 114 valence electrons. The third-order valence-electron chi connectivity index (χ3n) is 4.30. The van der Waals surface area contributed by atoms with Gasteiger partial charge in [-0.1, -0.05) is 19.1 Å². The molecule has 1 aliphatic heterocycles. The Balaban J connectivity index is 2.39. The Morgan fingerprint density at radius 1 is 1.33 bits per heavy atom. The van der Waals surface area contributed by atoms with Crippen LogP contribution in [-0.4, -0.2) is 27.8 Å². The number of benzene rings is 1. The van der Waals surface area contributed by atoms with E-state index < -0.39 is 23.5 Å². The molecule has 0 spiro atoms. The monoisotopic (exact) mass is 356 g/mol. The molecule has 2 unspecified atom stereocenters. The van der Waals surface area contributed by atoms with Gasteiger partial charge in [0, 0.05) is 17.4 Å². The maximum atomic E-state index is 11.1. The minimum absolute atomic E-state index is 0.0892. The molecule has 1 aromatic rings. The number of para-hydroxylation sites is 1. The van der Waals surface area contributed by atoms with Crippen molar-refractivity contribution in [2.75, 3.05) is 0 Å². The molecule has 0 fully saturated rings. The number of rotatable bonds is 5. The van der Waals surface area contributed by atoms with Crippen LogP contribution in [0.3, 0.4) is 0 Å². The van der Waals surface area contributed by atoms with Gasteiger partial charge in [0.1, 0.15) is 11.4 Å². The zero-order chi connectivity index (χ0) is 15.8. The predicted octanol–water partition coefficient (Wildman–Crippen LogP) is 3.27. The Morgan fingerprint density at radius 2 is 1.90 bits per heavy atom. The van der Waals surface area contributed by atoms with Crippen LogP contribution in [0.5, 0.6) is 5.75 Å². The van der Waals surface area contributed by atoms with Crippen LogP contribution in [0.1, 0.15) is 38.2 Å². The Morgan fingerprint density at radius 3 is 2.38 bits per heavy atom. The summed E-state index contributed by atoms with van der Waals surface area (Å²) in [5, 5.41) is 18.1. The van der Waals surface area contributed by atoms with E-state index in [0.717, 1.165) is 10.0 Å². The smallest absolute Gasteiger partial charge is 0.303 e. The van der Waals surface area contributed by atoms with Gasteiger partial charge in [-0.05, 0) is 28.9 Å². The first kappa shape index (κ1) is 15.8. The minimum Gasteiger partial charge on any atom is -0.485 e. The van der Waals surface area contributed by atoms with Gasteiger partial charge in [0.05, 0.1) is 17.3 Å². The summed E-state index contributed by atoms with van der Waals surface area (Å²) in [6.07, 6.45) is -0.475. The molecule has 0 amide bonds. The lowest BCUT2D eigenvalue weighted by Gasteiger charge is -2.35. The number of carboxylic acid groups (broad SMARTS) is 2. The lowest BCUT2D eigenvalue weighted by atomic mass is 9.74. The number of fused-ring (bicyclic) bond motifs is 1. The highest BCUT2D eigenvalue weighted by molar-refractivity contribution is 9.10. The maximum Gasteiger partial charge on any atom is 0.303 e. The highest BCUT2D eigenvalue weighted by Gasteiger charge is 2.49. The second-order valence-corrected chi connectivity index (χ2v) is 6.41.